The van der Waals surface area contributed by atoms with Gasteiger partial charge in [-0.2, -0.15) is 5.10 Å². The number of nitrogen functional groups attached to an aromatic ring is 1. The molecule has 3 N–H and O–H groups in total. The van der Waals surface area contributed by atoms with Gasteiger partial charge < -0.3 is 15.6 Å². The fourth-order valence-corrected chi connectivity index (χ4v) is 1.86. The number of fused-ring (bicyclic) bond motifs is 1. The van der Waals surface area contributed by atoms with Gasteiger partial charge in [-0.15, -0.1) is 0 Å². The fourth-order valence-electron chi connectivity index (χ4n) is 1.86. The van der Waals surface area contributed by atoms with E-state index < -0.39 is 0 Å². The molecule has 0 saturated carbocycles. The molecule has 0 fully saturated rings. The first-order valence-corrected chi connectivity index (χ1v) is 4.99. The van der Waals surface area contributed by atoms with Gasteiger partial charge in [0.1, 0.15) is 17.3 Å². The van der Waals surface area contributed by atoms with Crippen LogP contribution in [0.4, 0.5) is 5.82 Å². The molecule has 0 amide bonds. The normalized spacial score (nSPS) is 14.0. The van der Waals surface area contributed by atoms with Crippen LogP contribution in [0.1, 0.15) is 11.3 Å². The molecule has 1 aromatic heterocycles. The second kappa shape index (κ2) is 3.24. The molecular weight excluding hydrogens is 206 g/mol. The Kier molecular flexibility index (Phi) is 1.87. The summed E-state index contributed by atoms with van der Waals surface area (Å²) in [5.41, 5.74) is 8.32. The largest absolute Gasteiger partial charge is 0.506 e. The number of nitrogens with zero attached hydrogens (tertiary/aromatic N) is 2. The number of aromatic nitrogens is 2. The lowest BCUT2D eigenvalue weighted by Gasteiger charge is -2.06. The summed E-state index contributed by atoms with van der Waals surface area (Å²) in [7, 11) is 0. The average Bonchev–Trinajstić information content (AvgIpc) is 2.83. The summed E-state index contributed by atoms with van der Waals surface area (Å²) in [5.74, 6) is 0.699. The average molecular weight is 217 g/mol. The number of hydrogen-bond acceptors (Lipinski definition) is 4. The highest BCUT2D eigenvalue weighted by atomic mass is 16.5. The molecule has 5 nitrogen and oxygen atoms in total. The quantitative estimate of drug-likeness (QED) is 0.752. The maximum atomic E-state index is 9.73. The highest BCUT2D eigenvalue weighted by Crippen LogP contribution is 2.30. The minimum absolute atomic E-state index is 0.163. The molecule has 1 aliphatic rings. The van der Waals surface area contributed by atoms with Gasteiger partial charge in [-0.1, -0.05) is 12.1 Å². The molecule has 0 radical (unpaired) electrons. The van der Waals surface area contributed by atoms with E-state index in [1.54, 1.807) is 22.9 Å². The second-order valence-electron chi connectivity index (χ2n) is 3.70. The molecule has 0 atom stereocenters. The SMILES string of the molecule is Nc1c2c(nn1-c1ccccc1O)COC2. The van der Waals surface area contributed by atoms with Gasteiger partial charge in [-0.25, -0.2) is 4.68 Å². The smallest absolute Gasteiger partial charge is 0.141 e. The van der Waals surface area contributed by atoms with E-state index in [2.05, 4.69) is 5.10 Å². The first kappa shape index (κ1) is 9.23. The summed E-state index contributed by atoms with van der Waals surface area (Å²) in [4.78, 5) is 0. The molecule has 0 unspecified atom stereocenters. The topological polar surface area (TPSA) is 73.3 Å². The molecule has 0 bridgehead atoms. The number of aromatic hydroxyl groups is 1. The second-order valence-corrected chi connectivity index (χ2v) is 3.70. The van der Waals surface area contributed by atoms with Gasteiger partial charge in [0.05, 0.1) is 18.9 Å². The van der Waals surface area contributed by atoms with Crippen molar-refractivity contribution in [3.63, 3.8) is 0 Å². The van der Waals surface area contributed by atoms with Gasteiger partial charge in [0, 0.05) is 5.56 Å². The van der Waals surface area contributed by atoms with Crippen LogP contribution in [0, 0.1) is 0 Å². The monoisotopic (exact) mass is 217 g/mol. The fraction of sp³-hybridized carbons (Fsp3) is 0.182. The van der Waals surface area contributed by atoms with Crippen molar-refractivity contribution in [2.45, 2.75) is 13.2 Å². The Labute approximate surface area is 92.1 Å². The Balaban J connectivity index is 2.18. The molecule has 1 aliphatic heterocycles. The molecule has 82 valence electrons. The molecule has 0 saturated heterocycles. The van der Waals surface area contributed by atoms with E-state index in [-0.39, 0.29) is 5.75 Å². The van der Waals surface area contributed by atoms with Crippen LogP contribution in [0.5, 0.6) is 5.75 Å². The first-order valence-electron chi connectivity index (χ1n) is 4.99. The Bertz CT molecular complexity index is 548. The lowest BCUT2D eigenvalue weighted by atomic mass is 10.2. The zero-order valence-electron chi connectivity index (χ0n) is 8.55. The van der Waals surface area contributed by atoms with Crippen LogP contribution >= 0.6 is 0 Å². The molecule has 2 aromatic rings. The van der Waals surface area contributed by atoms with E-state index in [1.165, 1.54) is 0 Å². The minimum Gasteiger partial charge on any atom is -0.506 e. The predicted octanol–water partition coefficient (Wildman–Crippen LogP) is 1.19. The number of benzene rings is 1. The van der Waals surface area contributed by atoms with E-state index in [1.807, 2.05) is 6.07 Å². The van der Waals surface area contributed by atoms with Gasteiger partial charge in [0.2, 0.25) is 0 Å². The standard InChI is InChI=1S/C11H11N3O2/c12-11-7-5-16-6-8(7)13-14(11)9-3-1-2-4-10(9)15/h1-4,15H,5-6,12H2. The molecular formula is C11H11N3O2. The van der Waals surface area contributed by atoms with Gasteiger partial charge in [-0.3, -0.25) is 0 Å². The number of para-hydroxylation sites is 2. The summed E-state index contributed by atoms with van der Waals surface area (Å²) in [5, 5.41) is 14.1. The van der Waals surface area contributed by atoms with Crippen LogP contribution in [0.15, 0.2) is 24.3 Å². The van der Waals surface area contributed by atoms with E-state index in [4.69, 9.17) is 10.5 Å². The van der Waals surface area contributed by atoms with E-state index in [0.29, 0.717) is 24.7 Å². The van der Waals surface area contributed by atoms with Crippen LogP contribution in [-0.4, -0.2) is 14.9 Å². The van der Waals surface area contributed by atoms with Crippen LogP contribution in [0.25, 0.3) is 5.69 Å². The summed E-state index contributed by atoms with van der Waals surface area (Å²) >= 11 is 0. The van der Waals surface area contributed by atoms with Crippen LogP contribution in [-0.2, 0) is 18.0 Å². The number of anilines is 1. The minimum atomic E-state index is 0.163. The lowest BCUT2D eigenvalue weighted by molar-refractivity contribution is 0.131. The molecule has 2 heterocycles. The Morgan fingerprint density at radius 1 is 1.31 bits per heavy atom. The molecule has 1 aromatic carbocycles. The third kappa shape index (κ3) is 1.18. The molecule has 3 rings (SSSR count). The molecule has 0 aliphatic carbocycles. The van der Waals surface area contributed by atoms with E-state index in [9.17, 15) is 5.11 Å². The number of hydrogen-bond donors (Lipinski definition) is 2. The Morgan fingerprint density at radius 3 is 2.88 bits per heavy atom. The summed E-state index contributed by atoms with van der Waals surface area (Å²) in [6.45, 7) is 0.981. The van der Waals surface area contributed by atoms with Gasteiger partial charge >= 0.3 is 0 Å². The van der Waals surface area contributed by atoms with Gasteiger partial charge in [0.15, 0.2) is 0 Å². The van der Waals surface area contributed by atoms with Gasteiger partial charge in [0.25, 0.3) is 0 Å². The number of ether oxygens (including phenoxy) is 1. The Morgan fingerprint density at radius 2 is 2.12 bits per heavy atom. The van der Waals surface area contributed by atoms with Crippen LogP contribution < -0.4 is 5.73 Å². The third-order valence-corrected chi connectivity index (χ3v) is 2.70. The number of phenols is 1. The molecule has 5 heteroatoms. The zero-order valence-corrected chi connectivity index (χ0v) is 8.55. The van der Waals surface area contributed by atoms with Crippen molar-refractivity contribution in [3.05, 3.63) is 35.5 Å². The lowest BCUT2D eigenvalue weighted by Crippen LogP contribution is -2.04. The third-order valence-electron chi connectivity index (χ3n) is 2.70. The van der Waals surface area contributed by atoms with Crippen molar-refractivity contribution >= 4 is 5.82 Å². The van der Waals surface area contributed by atoms with Gasteiger partial charge in [-0.05, 0) is 12.1 Å². The van der Waals surface area contributed by atoms with Crippen molar-refractivity contribution in [1.82, 2.24) is 9.78 Å². The maximum Gasteiger partial charge on any atom is 0.141 e. The molecule has 0 spiro atoms. The van der Waals surface area contributed by atoms with Crippen molar-refractivity contribution in [3.8, 4) is 11.4 Å². The van der Waals surface area contributed by atoms with Crippen LogP contribution in [0.2, 0.25) is 0 Å². The number of rotatable bonds is 1. The summed E-state index contributed by atoms with van der Waals surface area (Å²) in [6, 6.07) is 6.97. The number of phenolic OH excluding ortho intramolecular Hbond substituents is 1. The highest BCUT2D eigenvalue weighted by molar-refractivity contribution is 5.54. The van der Waals surface area contributed by atoms with Crippen molar-refractivity contribution in [1.29, 1.82) is 0 Å². The first-order chi connectivity index (χ1) is 7.77. The Hall–Kier alpha value is -2.01. The predicted molar refractivity (Wildman–Crippen MR) is 58.1 cm³/mol. The van der Waals surface area contributed by atoms with Crippen molar-refractivity contribution < 1.29 is 9.84 Å². The zero-order chi connectivity index (χ0) is 11.1. The van der Waals surface area contributed by atoms with E-state index >= 15 is 0 Å². The van der Waals surface area contributed by atoms with E-state index in [0.717, 1.165) is 11.3 Å². The van der Waals surface area contributed by atoms with Crippen molar-refractivity contribution in [2.75, 3.05) is 5.73 Å². The summed E-state index contributed by atoms with van der Waals surface area (Å²) < 4.78 is 6.80. The maximum absolute atomic E-state index is 9.73. The highest BCUT2D eigenvalue weighted by Gasteiger charge is 2.22. The summed E-state index contributed by atoms with van der Waals surface area (Å²) in [6.07, 6.45) is 0. The van der Waals surface area contributed by atoms with Crippen molar-refractivity contribution in [2.24, 2.45) is 0 Å². The molecule has 16 heavy (non-hydrogen) atoms. The van der Waals surface area contributed by atoms with Crippen LogP contribution in [0.3, 0.4) is 0 Å². The number of nitrogens with two attached hydrogens (primary N) is 1.